The minimum atomic E-state index is -5.08. The lowest BCUT2D eigenvalue weighted by Gasteiger charge is -2.45. The number of halogens is 3. The van der Waals surface area contributed by atoms with Crippen LogP contribution in [0, 0.1) is 0 Å². The van der Waals surface area contributed by atoms with Crippen molar-refractivity contribution in [2.75, 3.05) is 13.1 Å². The number of carboxylic acid groups (broad SMARTS) is 1. The molecule has 0 spiro atoms. The summed E-state index contributed by atoms with van der Waals surface area (Å²) < 4.78 is 37.0. The van der Waals surface area contributed by atoms with Crippen LogP contribution in [0.1, 0.15) is 26.6 Å². The van der Waals surface area contributed by atoms with Crippen molar-refractivity contribution in [1.29, 1.82) is 0 Å². The number of ether oxygens (including phenoxy) is 1. The molecule has 1 aliphatic heterocycles. The molecule has 0 aliphatic carbocycles. The van der Waals surface area contributed by atoms with E-state index in [1.54, 1.807) is 4.90 Å². The largest absolute Gasteiger partial charge is 0.490 e. The van der Waals surface area contributed by atoms with Crippen molar-refractivity contribution in [2.24, 2.45) is 5.73 Å². The highest BCUT2D eigenvalue weighted by Crippen LogP contribution is 2.27. The first kappa shape index (κ1) is 19.7. The van der Waals surface area contributed by atoms with Crippen LogP contribution in [0.15, 0.2) is 6.33 Å². The molecule has 9 nitrogen and oxygen atoms in total. The Labute approximate surface area is 135 Å². The van der Waals surface area contributed by atoms with Crippen LogP contribution in [0.25, 0.3) is 0 Å². The van der Waals surface area contributed by atoms with Gasteiger partial charge >= 0.3 is 18.2 Å². The number of likely N-dealkylation sites (tertiary alicyclic amines) is 1. The van der Waals surface area contributed by atoms with Gasteiger partial charge in [-0.3, -0.25) is 5.10 Å². The average Bonchev–Trinajstić information content (AvgIpc) is 2.86. The molecule has 0 unspecified atom stereocenters. The number of amides is 1. The maximum atomic E-state index is 11.7. The summed E-state index contributed by atoms with van der Waals surface area (Å²) >= 11 is 0. The number of aromatic amines is 1. The summed E-state index contributed by atoms with van der Waals surface area (Å²) in [6.07, 6.45) is -4.03. The van der Waals surface area contributed by atoms with Crippen LogP contribution in [0.2, 0.25) is 0 Å². The molecule has 12 heteroatoms. The fourth-order valence-corrected chi connectivity index (χ4v) is 1.69. The monoisotopic (exact) mass is 353 g/mol. The van der Waals surface area contributed by atoms with E-state index in [2.05, 4.69) is 15.2 Å². The number of H-pyrrole nitrogens is 1. The third-order valence-corrected chi connectivity index (χ3v) is 2.73. The van der Waals surface area contributed by atoms with Crippen LogP contribution in [0.3, 0.4) is 0 Å². The van der Waals surface area contributed by atoms with Gasteiger partial charge < -0.3 is 20.5 Å². The zero-order chi connectivity index (χ0) is 18.8. The molecule has 0 atom stereocenters. The van der Waals surface area contributed by atoms with E-state index in [9.17, 15) is 18.0 Å². The lowest BCUT2D eigenvalue weighted by atomic mass is 9.91. The third-order valence-electron chi connectivity index (χ3n) is 2.73. The summed E-state index contributed by atoms with van der Waals surface area (Å²) in [5, 5.41) is 13.6. The van der Waals surface area contributed by atoms with Crippen LogP contribution >= 0.6 is 0 Å². The van der Waals surface area contributed by atoms with Crippen LogP contribution in [-0.2, 0) is 15.1 Å². The van der Waals surface area contributed by atoms with Gasteiger partial charge in [0.25, 0.3) is 0 Å². The Kier molecular flexibility index (Phi) is 5.43. The van der Waals surface area contributed by atoms with Gasteiger partial charge in [0, 0.05) is 0 Å². The summed E-state index contributed by atoms with van der Waals surface area (Å²) in [7, 11) is 0. The van der Waals surface area contributed by atoms with E-state index in [1.165, 1.54) is 6.33 Å². The van der Waals surface area contributed by atoms with Crippen LogP contribution in [0.4, 0.5) is 18.0 Å². The summed E-state index contributed by atoms with van der Waals surface area (Å²) in [5.74, 6) is -2.16. The van der Waals surface area contributed by atoms with E-state index >= 15 is 0 Å². The summed E-state index contributed by atoms with van der Waals surface area (Å²) in [5.41, 5.74) is 4.96. The molecule has 2 heterocycles. The van der Waals surface area contributed by atoms with Gasteiger partial charge in [0.05, 0.1) is 13.1 Å². The first-order chi connectivity index (χ1) is 10.7. The van der Waals surface area contributed by atoms with Crippen LogP contribution < -0.4 is 5.73 Å². The molecule has 0 radical (unpaired) electrons. The quantitative estimate of drug-likeness (QED) is 0.681. The summed E-state index contributed by atoms with van der Waals surface area (Å²) in [6.45, 7) is 6.26. The molecule has 24 heavy (non-hydrogen) atoms. The predicted octanol–water partition coefficient (Wildman–Crippen LogP) is 0.843. The number of alkyl halides is 3. The fourth-order valence-electron chi connectivity index (χ4n) is 1.69. The standard InChI is InChI=1S/C10H17N5O2.C2HF3O2/c1-9(2,3)17-8(16)15-4-10(11,5-15)7-12-6-13-14-7;3-2(4,5)1(6)7/h6H,4-5,11H2,1-3H3,(H,12,13,14);(H,6,7). The number of hydrogen-bond donors (Lipinski definition) is 3. The van der Waals surface area contributed by atoms with Crippen molar-refractivity contribution < 1.29 is 32.6 Å². The number of carboxylic acids is 1. The van der Waals surface area contributed by atoms with E-state index in [1.807, 2.05) is 20.8 Å². The Morgan fingerprint density at radius 2 is 1.88 bits per heavy atom. The maximum absolute atomic E-state index is 11.7. The Balaban J connectivity index is 0.000000351. The number of hydrogen-bond acceptors (Lipinski definition) is 6. The number of aromatic nitrogens is 3. The molecular formula is C12H18F3N5O4. The zero-order valence-electron chi connectivity index (χ0n) is 13.2. The van der Waals surface area contributed by atoms with E-state index in [0.717, 1.165) is 0 Å². The van der Waals surface area contributed by atoms with Crippen molar-refractivity contribution in [3.63, 3.8) is 0 Å². The topological polar surface area (TPSA) is 134 Å². The van der Waals surface area contributed by atoms with E-state index in [4.69, 9.17) is 20.4 Å². The van der Waals surface area contributed by atoms with Crippen molar-refractivity contribution in [3.8, 4) is 0 Å². The van der Waals surface area contributed by atoms with Gasteiger partial charge in [-0.15, -0.1) is 0 Å². The first-order valence-electron chi connectivity index (χ1n) is 6.67. The van der Waals surface area contributed by atoms with Gasteiger partial charge in [-0.2, -0.15) is 18.3 Å². The average molecular weight is 353 g/mol. The Morgan fingerprint density at radius 1 is 1.38 bits per heavy atom. The molecule has 0 aromatic carbocycles. The summed E-state index contributed by atoms with van der Waals surface area (Å²) in [4.78, 5) is 26.2. The van der Waals surface area contributed by atoms with Gasteiger partial charge in [-0.25, -0.2) is 14.6 Å². The Bertz CT molecular complexity index is 577. The second kappa shape index (κ2) is 6.63. The van der Waals surface area contributed by atoms with Crippen molar-refractivity contribution in [3.05, 3.63) is 12.2 Å². The summed E-state index contributed by atoms with van der Waals surface area (Å²) in [6, 6.07) is 0. The van der Waals surface area contributed by atoms with Gasteiger partial charge in [-0.05, 0) is 20.8 Å². The molecule has 0 saturated carbocycles. The van der Waals surface area contributed by atoms with Gasteiger partial charge in [0.1, 0.15) is 23.3 Å². The molecule has 1 aliphatic rings. The predicted molar refractivity (Wildman–Crippen MR) is 73.7 cm³/mol. The Morgan fingerprint density at radius 3 is 2.21 bits per heavy atom. The van der Waals surface area contributed by atoms with Gasteiger partial charge in [0.2, 0.25) is 0 Å². The zero-order valence-corrected chi connectivity index (χ0v) is 13.2. The highest BCUT2D eigenvalue weighted by molar-refractivity contribution is 5.73. The number of rotatable bonds is 1. The minimum Gasteiger partial charge on any atom is -0.475 e. The van der Waals surface area contributed by atoms with Crippen LogP contribution in [0.5, 0.6) is 0 Å². The Hall–Kier alpha value is -2.37. The highest BCUT2D eigenvalue weighted by atomic mass is 19.4. The normalized spacial score (nSPS) is 16.5. The van der Waals surface area contributed by atoms with Crippen molar-refractivity contribution in [2.45, 2.75) is 38.1 Å². The molecule has 1 aromatic heterocycles. The maximum Gasteiger partial charge on any atom is 0.490 e. The number of aliphatic carboxylic acids is 1. The first-order valence-corrected chi connectivity index (χ1v) is 6.67. The highest BCUT2D eigenvalue weighted by Gasteiger charge is 2.47. The van der Waals surface area contributed by atoms with E-state index < -0.39 is 23.3 Å². The molecule has 2 rings (SSSR count). The number of carbonyl (C=O) groups is 2. The lowest BCUT2D eigenvalue weighted by molar-refractivity contribution is -0.192. The second-order valence-electron chi connectivity index (χ2n) is 6.13. The number of carbonyl (C=O) groups excluding carboxylic acids is 1. The number of nitrogens with two attached hydrogens (primary N) is 1. The molecule has 1 aromatic rings. The molecule has 1 fully saturated rings. The smallest absolute Gasteiger partial charge is 0.475 e. The molecule has 1 saturated heterocycles. The SMILES string of the molecule is CC(C)(C)OC(=O)N1CC(N)(c2ncn[nH]2)C1.O=C(O)C(F)(F)F. The molecule has 136 valence electrons. The van der Waals surface area contributed by atoms with E-state index in [0.29, 0.717) is 18.9 Å². The van der Waals surface area contributed by atoms with Crippen molar-refractivity contribution >= 4 is 12.1 Å². The molecule has 0 bridgehead atoms. The number of nitrogens with one attached hydrogen (secondary N) is 1. The van der Waals surface area contributed by atoms with Crippen LogP contribution in [-0.4, -0.2) is 62.1 Å². The molecular weight excluding hydrogens is 335 g/mol. The third kappa shape index (κ3) is 5.37. The molecule has 1 amide bonds. The van der Waals surface area contributed by atoms with Gasteiger partial charge in [-0.1, -0.05) is 0 Å². The van der Waals surface area contributed by atoms with Crippen molar-refractivity contribution in [1.82, 2.24) is 20.1 Å². The second-order valence-corrected chi connectivity index (χ2v) is 6.13. The van der Waals surface area contributed by atoms with E-state index in [-0.39, 0.29) is 6.09 Å². The minimum absolute atomic E-state index is 0.349. The number of nitrogens with zero attached hydrogens (tertiary/aromatic N) is 3. The molecule has 4 N–H and O–H groups in total. The lowest BCUT2D eigenvalue weighted by Crippen LogP contribution is -2.67. The van der Waals surface area contributed by atoms with Gasteiger partial charge in [0.15, 0.2) is 0 Å². The fraction of sp³-hybridized carbons (Fsp3) is 0.667.